The Morgan fingerprint density at radius 1 is 1.11 bits per heavy atom. The molecule has 8 heteroatoms. The molecule has 1 amide bonds. The molecule has 0 atom stereocenters. The summed E-state index contributed by atoms with van der Waals surface area (Å²) >= 11 is 0. The maximum atomic E-state index is 14.2. The highest BCUT2D eigenvalue weighted by atomic mass is 32.2. The molecule has 2 aromatic rings. The molecule has 0 bridgehead atoms. The van der Waals surface area contributed by atoms with Gasteiger partial charge >= 0.3 is 0 Å². The third kappa shape index (κ3) is 5.77. The van der Waals surface area contributed by atoms with Gasteiger partial charge in [-0.1, -0.05) is 26.0 Å². The number of sulfonamides is 1. The summed E-state index contributed by atoms with van der Waals surface area (Å²) in [6.07, 6.45) is 0. The van der Waals surface area contributed by atoms with E-state index in [1.54, 1.807) is 38.1 Å². The molecule has 0 radical (unpaired) electrons. The molecule has 0 unspecified atom stereocenters. The molecular weight excluding hydrogens is 383 g/mol. The highest BCUT2D eigenvalue weighted by molar-refractivity contribution is 7.89. The maximum absolute atomic E-state index is 14.2. The van der Waals surface area contributed by atoms with Gasteiger partial charge in [-0.15, -0.1) is 0 Å². The Morgan fingerprint density at radius 2 is 1.79 bits per heavy atom. The zero-order chi connectivity index (χ0) is 20.9. The molecule has 0 aromatic heterocycles. The summed E-state index contributed by atoms with van der Waals surface area (Å²) < 4.78 is 46.9. The third-order valence-corrected chi connectivity index (χ3v) is 5.25. The number of amides is 1. The van der Waals surface area contributed by atoms with Crippen molar-refractivity contribution in [3.63, 3.8) is 0 Å². The Morgan fingerprint density at radius 3 is 2.43 bits per heavy atom. The van der Waals surface area contributed by atoms with E-state index in [0.717, 1.165) is 18.2 Å². The summed E-state index contributed by atoms with van der Waals surface area (Å²) in [5.41, 5.74) is 0.00593. The zero-order valence-electron chi connectivity index (χ0n) is 16.3. The minimum Gasteiger partial charge on any atom is -0.491 e. The fraction of sp³-hybridized carbons (Fsp3) is 0.350. The van der Waals surface area contributed by atoms with Gasteiger partial charge in [-0.05, 0) is 50.1 Å². The van der Waals surface area contributed by atoms with Crippen molar-refractivity contribution in [2.24, 2.45) is 5.92 Å². The molecule has 0 saturated heterocycles. The van der Waals surface area contributed by atoms with E-state index in [4.69, 9.17) is 4.74 Å². The van der Waals surface area contributed by atoms with E-state index in [2.05, 4.69) is 10.0 Å². The Labute approximate surface area is 165 Å². The van der Waals surface area contributed by atoms with Gasteiger partial charge in [-0.3, -0.25) is 4.79 Å². The maximum Gasteiger partial charge on any atom is 0.258 e. The minimum atomic E-state index is -3.85. The van der Waals surface area contributed by atoms with Gasteiger partial charge in [0.05, 0.1) is 22.8 Å². The van der Waals surface area contributed by atoms with E-state index in [1.807, 2.05) is 13.8 Å². The lowest BCUT2D eigenvalue weighted by atomic mass is 10.2. The van der Waals surface area contributed by atoms with Crippen molar-refractivity contribution in [1.82, 2.24) is 4.72 Å². The van der Waals surface area contributed by atoms with Crippen molar-refractivity contribution in [2.45, 2.75) is 38.6 Å². The Kier molecular flexibility index (Phi) is 7.15. The fourth-order valence-corrected chi connectivity index (χ4v) is 3.64. The molecule has 0 aliphatic rings. The van der Waals surface area contributed by atoms with Crippen LogP contribution < -0.4 is 14.8 Å². The predicted molar refractivity (Wildman–Crippen MR) is 107 cm³/mol. The molecule has 0 spiro atoms. The SMILES string of the molecule is CC(C)COc1ccccc1NC(=O)c1cc(S(=O)(=O)NC(C)C)ccc1F. The topological polar surface area (TPSA) is 84.5 Å². The van der Waals surface area contributed by atoms with Crippen LogP contribution in [0.15, 0.2) is 47.4 Å². The first-order chi connectivity index (χ1) is 13.1. The number of carbonyl (C=O) groups excluding carboxylic acids is 1. The van der Waals surface area contributed by atoms with E-state index < -0.39 is 21.7 Å². The predicted octanol–water partition coefficient (Wildman–Crippen LogP) is 3.80. The van der Waals surface area contributed by atoms with Crippen molar-refractivity contribution in [3.05, 3.63) is 53.8 Å². The van der Waals surface area contributed by atoms with Crippen LogP contribution in [0.2, 0.25) is 0 Å². The largest absolute Gasteiger partial charge is 0.491 e. The Hall–Kier alpha value is -2.45. The highest BCUT2D eigenvalue weighted by Gasteiger charge is 2.21. The number of benzene rings is 2. The number of anilines is 1. The number of nitrogens with one attached hydrogen (secondary N) is 2. The zero-order valence-corrected chi connectivity index (χ0v) is 17.1. The van der Waals surface area contributed by atoms with Crippen LogP contribution in [0.5, 0.6) is 5.75 Å². The van der Waals surface area contributed by atoms with Gasteiger partial charge in [-0.2, -0.15) is 0 Å². The lowest BCUT2D eigenvalue weighted by molar-refractivity contribution is 0.102. The third-order valence-electron chi connectivity index (χ3n) is 3.59. The van der Waals surface area contributed by atoms with Crippen LogP contribution in [-0.2, 0) is 10.0 Å². The van der Waals surface area contributed by atoms with Gasteiger partial charge in [0.2, 0.25) is 10.0 Å². The van der Waals surface area contributed by atoms with Crippen LogP contribution in [0.1, 0.15) is 38.1 Å². The summed E-state index contributed by atoms with van der Waals surface area (Å²) in [6, 6.07) is 9.57. The van der Waals surface area contributed by atoms with E-state index in [1.165, 1.54) is 0 Å². The van der Waals surface area contributed by atoms with Gasteiger partial charge in [0.15, 0.2) is 0 Å². The quantitative estimate of drug-likeness (QED) is 0.696. The number of ether oxygens (including phenoxy) is 1. The first-order valence-electron chi connectivity index (χ1n) is 8.95. The van der Waals surface area contributed by atoms with Crippen LogP contribution in [0.4, 0.5) is 10.1 Å². The number of hydrogen-bond donors (Lipinski definition) is 2. The van der Waals surface area contributed by atoms with Crippen LogP contribution in [-0.4, -0.2) is 27.0 Å². The molecule has 2 N–H and O–H groups in total. The number of rotatable bonds is 8. The molecule has 2 aromatic carbocycles. The van der Waals surface area contributed by atoms with Crippen LogP contribution in [0.3, 0.4) is 0 Å². The van der Waals surface area contributed by atoms with Crippen LogP contribution >= 0.6 is 0 Å². The van der Waals surface area contributed by atoms with Gasteiger partial charge in [-0.25, -0.2) is 17.5 Å². The Bertz CT molecular complexity index is 943. The van der Waals surface area contributed by atoms with Crippen molar-refractivity contribution < 1.29 is 22.3 Å². The van der Waals surface area contributed by atoms with E-state index in [0.29, 0.717) is 18.0 Å². The van der Waals surface area contributed by atoms with Gasteiger partial charge in [0, 0.05) is 6.04 Å². The molecule has 6 nitrogen and oxygen atoms in total. The molecule has 0 fully saturated rings. The van der Waals surface area contributed by atoms with E-state index in [9.17, 15) is 17.6 Å². The lowest BCUT2D eigenvalue weighted by Crippen LogP contribution is -2.30. The second-order valence-electron chi connectivity index (χ2n) is 7.07. The van der Waals surface area contributed by atoms with Crippen molar-refractivity contribution in [2.75, 3.05) is 11.9 Å². The summed E-state index contributed by atoms with van der Waals surface area (Å²) in [4.78, 5) is 12.4. The normalized spacial score (nSPS) is 11.7. The summed E-state index contributed by atoms with van der Waals surface area (Å²) in [5, 5.41) is 2.59. The molecule has 0 aliphatic carbocycles. The molecule has 28 heavy (non-hydrogen) atoms. The van der Waals surface area contributed by atoms with E-state index in [-0.39, 0.29) is 22.4 Å². The second-order valence-corrected chi connectivity index (χ2v) is 8.79. The molecule has 152 valence electrons. The number of halogens is 1. The van der Waals surface area contributed by atoms with Crippen LogP contribution in [0, 0.1) is 11.7 Å². The number of carbonyl (C=O) groups is 1. The fourth-order valence-electron chi connectivity index (χ4n) is 2.37. The minimum absolute atomic E-state index is 0.183. The van der Waals surface area contributed by atoms with Crippen molar-refractivity contribution in [3.8, 4) is 5.75 Å². The standard InChI is InChI=1S/C20H25FN2O4S/c1-13(2)12-27-19-8-6-5-7-18(19)22-20(24)16-11-15(9-10-17(16)21)28(25,26)23-14(3)4/h5-11,13-14,23H,12H2,1-4H3,(H,22,24). The van der Waals surface area contributed by atoms with Gasteiger partial charge < -0.3 is 10.1 Å². The number of para-hydroxylation sites is 2. The molecular formula is C20H25FN2O4S. The van der Waals surface area contributed by atoms with Crippen molar-refractivity contribution in [1.29, 1.82) is 0 Å². The van der Waals surface area contributed by atoms with Crippen molar-refractivity contribution >= 4 is 21.6 Å². The van der Waals surface area contributed by atoms with Gasteiger partial charge in [0.1, 0.15) is 11.6 Å². The average molecular weight is 408 g/mol. The van der Waals surface area contributed by atoms with Crippen LogP contribution in [0.25, 0.3) is 0 Å². The molecule has 0 saturated carbocycles. The summed E-state index contributed by atoms with van der Waals surface area (Å²) in [6.45, 7) is 7.78. The highest BCUT2D eigenvalue weighted by Crippen LogP contribution is 2.26. The smallest absolute Gasteiger partial charge is 0.258 e. The monoisotopic (exact) mass is 408 g/mol. The summed E-state index contributed by atoms with van der Waals surface area (Å²) in [5.74, 6) is -0.840. The Balaban J connectivity index is 2.29. The average Bonchev–Trinajstić information content (AvgIpc) is 2.59. The first kappa shape index (κ1) is 21.8. The van der Waals surface area contributed by atoms with E-state index >= 15 is 0 Å². The first-order valence-corrected chi connectivity index (χ1v) is 10.4. The molecule has 0 heterocycles. The lowest BCUT2D eigenvalue weighted by Gasteiger charge is -2.15. The molecule has 2 rings (SSSR count). The number of hydrogen-bond acceptors (Lipinski definition) is 4. The van der Waals surface area contributed by atoms with Gasteiger partial charge in [0.25, 0.3) is 5.91 Å². The molecule has 0 aliphatic heterocycles. The second kappa shape index (κ2) is 9.16. The summed E-state index contributed by atoms with van der Waals surface area (Å²) in [7, 11) is -3.85.